The van der Waals surface area contributed by atoms with E-state index in [0.29, 0.717) is 6.04 Å². The fourth-order valence-corrected chi connectivity index (χ4v) is 3.01. The lowest BCUT2D eigenvalue weighted by molar-refractivity contribution is 0.239. The molecule has 1 aromatic rings. The van der Waals surface area contributed by atoms with E-state index < -0.39 is 0 Å². The van der Waals surface area contributed by atoms with Crippen LogP contribution < -0.4 is 10.2 Å². The second-order valence-electron chi connectivity index (χ2n) is 5.83. The Labute approximate surface area is 127 Å². The van der Waals surface area contributed by atoms with Crippen molar-refractivity contribution in [3.05, 3.63) is 12.4 Å². The quantitative estimate of drug-likeness (QED) is 0.809. The fraction of sp³-hybridized carbons (Fsp3) is 0.750. The van der Waals surface area contributed by atoms with Gasteiger partial charge in [-0.15, -0.1) is 0 Å². The predicted octanol–water partition coefficient (Wildman–Crippen LogP) is 2.82. The zero-order chi connectivity index (χ0) is 15.1. The summed E-state index contributed by atoms with van der Waals surface area (Å²) in [7, 11) is 0. The molecule has 0 spiro atoms. The molecule has 5 heteroatoms. The van der Waals surface area contributed by atoms with Gasteiger partial charge in [-0.05, 0) is 32.1 Å². The Bertz CT molecular complexity index is 426. The minimum atomic E-state index is 0.194. The highest BCUT2D eigenvalue weighted by Gasteiger charge is 2.23. The predicted molar refractivity (Wildman–Crippen MR) is 86.7 cm³/mol. The van der Waals surface area contributed by atoms with Gasteiger partial charge in [0.2, 0.25) is 0 Å². The standard InChI is InChI=1S/C16H28N4O/c1-3-7-13(4-2)19-15-10-16(18-12-17-15)20-9-6-5-8-14(20)11-21/h10,12-14,21H,3-9,11H2,1-2H3,(H,17,18,19). The maximum absolute atomic E-state index is 9.54. The number of nitrogens with one attached hydrogen (secondary N) is 1. The minimum Gasteiger partial charge on any atom is -0.394 e. The minimum absolute atomic E-state index is 0.194. The molecule has 1 aliphatic rings. The Morgan fingerprint density at radius 2 is 2.24 bits per heavy atom. The van der Waals surface area contributed by atoms with Gasteiger partial charge < -0.3 is 15.3 Å². The molecule has 0 aromatic carbocycles. The van der Waals surface area contributed by atoms with Crippen LogP contribution in [0, 0.1) is 0 Å². The second kappa shape index (κ2) is 8.17. The van der Waals surface area contributed by atoms with E-state index in [1.807, 2.05) is 6.07 Å². The summed E-state index contributed by atoms with van der Waals surface area (Å²) < 4.78 is 0. The van der Waals surface area contributed by atoms with Gasteiger partial charge in [0.05, 0.1) is 12.6 Å². The van der Waals surface area contributed by atoms with Crippen molar-refractivity contribution in [1.82, 2.24) is 9.97 Å². The molecule has 1 aromatic heterocycles. The van der Waals surface area contributed by atoms with E-state index in [4.69, 9.17) is 0 Å². The van der Waals surface area contributed by atoms with E-state index in [0.717, 1.165) is 43.9 Å². The Morgan fingerprint density at radius 1 is 1.38 bits per heavy atom. The molecule has 0 bridgehead atoms. The van der Waals surface area contributed by atoms with Gasteiger partial charge in [0.15, 0.2) is 0 Å². The molecular weight excluding hydrogens is 264 g/mol. The van der Waals surface area contributed by atoms with Gasteiger partial charge in [0.25, 0.3) is 0 Å². The summed E-state index contributed by atoms with van der Waals surface area (Å²) >= 11 is 0. The van der Waals surface area contributed by atoms with Crippen LogP contribution in [0.1, 0.15) is 52.4 Å². The van der Waals surface area contributed by atoms with Crippen molar-refractivity contribution in [1.29, 1.82) is 0 Å². The van der Waals surface area contributed by atoms with Gasteiger partial charge in [0, 0.05) is 18.7 Å². The lowest BCUT2D eigenvalue weighted by Gasteiger charge is -2.35. The molecule has 2 atom stereocenters. The first-order valence-electron chi connectivity index (χ1n) is 8.24. The maximum atomic E-state index is 9.54. The SMILES string of the molecule is CCCC(CC)Nc1cc(N2CCCCC2CO)ncn1. The Hall–Kier alpha value is -1.36. The normalized spacial score (nSPS) is 20.3. The number of rotatable bonds is 7. The molecule has 2 unspecified atom stereocenters. The number of hydrogen-bond acceptors (Lipinski definition) is 5. The van der Waals surface area contributed by atoms with Crippen LogP contribution in [-0.4, -0.2) is 40.3 Å². The zero-order valence-corrected chi connectivity index (χ0v) is 13.3. The molecule has 0 aliphatic carbocycles. The lowest BCUT2D eigenvalue weighted by atomic mass is 10.0. The number of aliphatic hydroxyl groups excluding tert-OH is 1. The summed E-state index contributed by atoms with van der Waals surface area (Å²) in [6, 6.07) is 2.68. The Morgan fingerprint density at radius 3 is 2.95 bits per heavy atom. The summed E-state index contributed by atoms with van der Waals surface area (Å²) in [5, 5.41) is 13.0. The van der Waals surface area contributed by atoms with E-state index in [2.05, 4.69) is 34.0 Å². The molecule has 2 heterocycles. The molecule has 21 heavy (non-hydrogen) atoms. The van der Waals surface area contributed by atoms with Crippen LogP contribution in [0.25, 0.3) is 0 Å². The smallest absolute Gasteiger partial charge is 0.134 e. The van der Waals surface area contributed by atoms with Crippen LogP contribution in [0.4, 0.5) is 11.6 Å². The van der Waals surface area contributed by atoms with E-state index in [1.54, 1.807) is 6.33 Å². The van der Waals surface area contributed by atoms with E-state index in [1.165, 1.54) is 12.8 Å². The maximum Gasteiger partial charge on any atom is 0.134 e. The molecule has 5 nitrogen and oxygen atoms in total. The Kier molecular flexibility index (Phi) is 6.23. The molecule has 1 fully saturated rings. The summed E-state index contributed by atoms with van der Waals surface area (Å²) in [4.78, 5) is 11.0. The second-order valence-corrected chi connectivity index (χ2v) is 5.83. The molecule has 1 saturated heterocycles. The van der Waals surface area contributed by atoms with Gasteiger partial charge in [-0.25, -0.2) is 9.97 Å². The summed E-state index contributed by atoms with van der Waals surface area (Å²) in [5.74, 6) is 1.82. The number of anilines is 2. The molecule has 0 amide bonds. The van der Waals surface area contributed by atoms with Crippen molar-refractivity contribution in [3.63, 3.8) is 0 Å². The number of aromatic nitrogens is 2. The van der Waals surface area contributed by atoms with Crippen molar-refractivity contribution in [2.24, 2.45) is 0 Å². The third kappa shape index (κ3) is 4.30. The molecule has 0 radical (unpaired) electrons. The van der Waals surface area contributed by atoms with Gasteiger partial charge in [-0.2, -0.15) is 0 Å². The lowest BCUT2D eigenvalue weighted by Crippen LogP contribution is -2.42. The average molecular weight is 292 g/mol. The van der Waals surface area contributed by atoms with E-state index >= 15 is 0 Å². The van der Waals surface area contributed by atoms with E-state index in [-0.39, 0.29) is 12.6 Å². The zero-order valence-electron chi connectivity index (χ0n) is 13.3. The molecule has 2 N–H and O–H groups in total. The molecule has 2 rings (SSSR count). The van der Waals surface area contributed by atoms with Crippen molar-refractivity contribution in [2.75, 3.05) is 23.4 Å². The van der Waals surface area contributed by atoms with Crippen LogP contribution in [0.2, 0.25) is 0 Å². The van der Waals surface area contributed by atoms with Crippen LogP contribution in [0.15, 0.2) is 12.4 Å². The summed E-state index contributed by atoms with van der Waals surface area (Å²) in [5.41, 5.74) is 0. The molecule has 1 aliphatic heterocycles. The molecular formula is C16H28N4O. The first-order chi connectivity index (χ1) is 10.3. The number of piperidine rings is 1. The summed E-state index contributed by atoms with van der Waals surface area (Å²) in [6.45, 7) is 5.56. The van der Waals surface area contributed by atoms with Gasteiger partial charge in [-0.1, -0.05) is 20.3 Å². The third-order valence-corrected chi connectivity index (χ3v) is 4.27. The number of hydrogen-bond donors (Lipinski definition) is 2. The first-order valence-corrected chi connectivity index (χ1v) is 8.24. The van der Waals surface area contributed by atoms with Gasteiger partial charge in [-0.3, -0.25) is 0 Å². The molecule has 0 saturated carbocycles. The van der Waals surface area contributed by atoms with Crippen LogP contribution >= 0.6 is 0 Å². The fourth-order valence-electron chi connectivity index (χ4n) is 3.01. The number of nitrogens with zero attached hydrogens (tertiary/aromatic N) is 3. The van der Waals surface area contributed by atoms with Crippen LogP contribution in [0.5, 0.6) is 0 Å². The van der Waals surface area contributed by atoms with Gasteiger partial charge >= 0.3 is 0 Å². The topological polar surface area (TPSA) is 61.3 Å². The third-order valence-electron chi connectivity index (χ3n) is 4.27. The van der Waals surface area contributed by atoms with Crippen LogP contribution in [-0.2, 0) is 0 Å². The highest BCUT2D eigenvalue weighted by Crippen LogP contribution is 2.24. The largest absolute Gasteiger partial charge is 0.394 e. The monoisotopic (exact) mass is 292 g/mol. The van der Waals surface area contributed by atoms with Crippen molar-refractivity contribution in [2.45, 2.75) is 64.5 Å². The van der Waals surface area contributed by atoms with Crippen LogP contribution in [0.3, 0.4) is 0 Å². The van der Waals surface area contributed by atoms with E-state index in [9.17, 15) is 5.11 Å². The average Bonchev–Trinajstić information content (AvgIpc) is 2.54. The Balaban J connectivity index is 2.09. The first kappa shape index (κ1) is 16.0. The van der Waals surface area contributed by atoms with Crippen molar-refractivity contribution >= 4 is 11.6 Å². The molecule has 118 valence electrons. The van der Waals surface area contributed by atoms with Crippen molar-refractivity contribution in [3.8, 4) is 0 Å². The van der Waals surface area contributed by atoms with Gasteiger partial charge in [0.1, 0.15) is 18.0 Å². The highest BCUT2D eigenvalue weighted by atomic mass is 16.3. The number of aliphatic hydroxyl groups is 1. The van der Waals surface area contributed by atoms with Crippen molar-refractivity contribution < 1.29 is 5.11 Å². The highest BCUT2D eigenvalue weighted by molar-refractivity contribution is 5.49. The summed E-state index contributed by atoms with van der Waals surface area (Å²) in [6.07, 6.45) is 8.43.